The van der Waals surface area contributed by atoms with Crippen molar-refractivity contribution in [3.05, 3.63) is 34.4 Å². The molecule has 0 unspecified atom stereocenters. The molecule has 1 amide bonds. The lowest BCUT2D eigenvalue weighted by molar-refractivity contribution is -0.387. The molecule has 1 aromatic carbocycles. The van der Waals surface area contributed by atoms with E-state index in [1.54, 1.807) is 20.8 Å². The van der Waals surface area contributed by atoms with Crippen LogP contribution in [0.1, 0.15) is 27.2 Å². The molecular weight excluding hydrogens is 284 g/mol. The Kier molecular flexibility index (Phi) is 4.49. The van der Waals surface area contributed by atoms with Crippen LogP contribution in [0, 0.1) is 15.5 Å². The van der Waals surface area contributed by atoms with Crippen molar-refractivity contribution in [3.63, 3.8) is 0 Å². The fourth-order valence-electron chi connectivity index (χ4n) is 1.56. The van der Waals surface area contributed by atoms with E-state index in [9.17, 15) is 23.3 Å². The summed E-state index contributed by atoms with van der Waals surface area (Å²) >= 11 is 0. The minimum Gasteiger partial charge on any atom is -0.274 e. The van der Waals surface area contributed by atoms with Crippen LogP contribution in [0.2, 0.25) is 0 Å². The van der Waals surface area contributed by atoms with Gasteiger partial charge in [-0.2, -0.15) is 0 Å². The van der Waals surface area contributed by atoms with E-state index in [0.717, 1.165) is 12.1 Å². The van der Waals surface area contributed by atoms with Gasteiger partial charge in [0.25, 0.3) is 15.7 Å². The van der Waals surface area contributed by atoms with Crippen LogP contribution in [0.25, 0.3) is 0 Å². The molecule has 20 heavy (non-hydrogen) atoms. The molecule has 0 saturated carbocycles. The molecule has 0 spiro atoms. The predicted molar refractivity (Wildman–Crippen MR) is 72.5 cm³/mol. The van der Waals surface area contributed by atoms with Crippen LogP contribution in [0.4, 0.5) is 5.69 Å². The largest absolute Gasteiger partial charge is 0.289 e. The van der Waals surface area contributed by atoms with Crippen LogP contribution < -0.4 is 4.72 Å². The van der Waals surface area contributed by atoms with Gasteiger partial charge in [0, 0.05) is 12.5 Å². The van der Waals surface area contributed by atoms with E-state index in [1.165, 1.54) is 12.1 Å². The summed E-state index contributed by atoms with van der Waals surface area (Å²) in [5.41, 5.74) is -0.953. The van der Waals surface area contributed by atoms with Crippen LogP contribution in [-0.2, 0) is 14.8 Å². The molecule has 0 aliphatic carbocycles. The second kappa shape index (κ2) is 5.58. The average molecular weight is 300 g/mol. The van der Waals surface area contributed by atoms with E-state index in [2.05, 4.69) is 0 Å². The third-order valence-corrected chi connectivity index (χ3v) is 3.71. The first-order valence-electron chi connectivity index (χ1n) is 5.82. The van der Waals surface area contributed by atoms with Crippen LogP contribution in [-0.4, -0.2) is 19.2 Å². The van der Waals surface area contributed by atoms with Crippen LogP contribution in [0.3, 0.4) is 0 Å². The van der Waals surface area contributed by atoms with Crippen molar-refractivity contribution in [2.45, 2.75) is 32.1 Å². The summed E-state index contributed by atoms with van der Waals surface area (Å²) < 4.78 is 25.9. The number of nitrogens with zero attached hydrogens (tertiary/aromatic N) is 1. The highest BCUT2D eigenvalue weighted by Gasteiger charge is 2.28. The Morgan fingerprint density at radius 2 is 1.85 bits per heavy atom. The second-order valence-corrected chi connectivity index (χ2v) is 7.14. The maximum Gasteiger partial charge on any atom is 0.289 e. The zero-order chi connectivity index (χ0) is 15.6. The zero-order valence-corrected chi connectivity index (χ0v) is 12.2. The SMILES string of the molecule is CC(C)(C)CC(=O)NS(=O)(=O)c1ccccc1[N+](=O)[O-]. The smallest absolute Gasteiger partial charge is 0.274 e. The van der Waals surface area contributed by atoms with Gasteiger partial charge in [-0.15, -0.1) is 0 Å². The molecule has 0 saturated heterocycles. The number of nitro benzene ring substituents is 1. The molecule has 0 heterocycles. The van der Waals surface area contributed by atoms with Crippen molar-refractivity contribution < 1.29 is 18.1 Å². The molecule has 1 N–H and O–H groups in total. The highest BCUT2D eigenvalue weighted by molar-refractivity contribution is 7.90. The van der Waals surface area contributed by atoms with Gasteiger partial charge >= 0.3 is 0 Å². The predicted octanol–water partition coefficient (Wildman–Crippen LogP) is 1.84. The van der Waals surface area contributed by atoms with Gasteiger partial charge in [0.2, 0.25) is 5.91 Å². The molecule has 8 heteroatoms. The second-order valence-electron chi connectivity index (χ2n) is 5.49. The average Bonchev–Trinajstić information content (AvgIpc) is 2.25. The first-order chi connectivity index (χ1) is 9.03. The molecule has 0 bridgehead atoms. The first kappa shape index (κ1) is 16.1. The minimum absolute atomic E-state index is 0.00708. The van der Waals surface area contributed by atoms with Crippen molar-refractivity contribution in [1.82, 2.24) is 4.72 Å². The van der Waals surface area contributed by atoms with Gasteiger partial charge in [0.05, 0.1) is 4.92 Å². The summed E-state index contributed by atoms with van der Waals surface area (Å²) in [6.45, 7) is 5.35. The zero-order valence-electron chi connectivity index (χ0n) is 11.4. The highest BCUT2D eigenvalue weighted by atomic mass is 32.2. The van der Waals surface area contributed by atoms with Crippen LogP contribution >= 0.6 is 0 Å². The van der Waals surface area contributed by atoms with Crippen molar-refractivity contribution in [2.75, 3.05) is 0 Å². The standard InChI is InChI=1S/C12H16N2O5S/c1-12(2,3)8-11(15)13-20(18,19)10-7-5-4-6-9(10)14(16)17/h4-7H,8H2,1-3H3,(H,13,15). The first-order valence-corrected chi connectivity index (χ1v) is 7.30. The monoisotopic (exact) mass is 300 g/mol. The Balaban J connectivity index is 3.07. The maximum atomic E-state index is 12.0. The molecule has 1 aromatic rings. The number of rotatable bonds is 4. The number of nitrogens with one attached hydrogen (secondary N) is 1. The fraction of sp³-hybridized carbons (Fsp3) is 0.417. The number of para-hydroxylation sites is 1. The lowest BCUT2D eigenvalue weighted by atomic mass is 9.92. The Labute approximate surface area is 117 Å². The van der Waals surface area contributed by atoms with Crippen LogP contribution in [0.5, 0.6) is 0 Å². The number of amides is 1. The van der Waals surface area contributed by atoms with Gasteiger partial charge in [-0.1, -0.05) is 32.9 Å². The number of carbonyl (C=O) groups excluding carboxylic acids is 1. The summed E-state index contributed by atoms with van der Waals surface area (Å²) in [6.07, 6.45) is -0.00708. The van der Waals surface area contributed by atoms with Crippen molar-refractivity contribution in [1.29, 1.82) is 0 Å². The van der Waals surface area contributed by atoms with Crippen LogP contribution in [0.15, 0.2) is 29.2 Å². The molecular formula is C12H16N2O5S. The summed E-state index contributed by atoms with van der Waals surface area (Å²) in [4.78, 5) is 21.2. The third kappa shape index (κ3) is 4.30. The van der Waals surface area contributed by atoms with Gasteiger partial charge in [0.1, 0.15) is 0 Å². The van der Waals surface area contributed by atoms with E-state index in [1.807, 2.05) is 4.72 Å². The summed E-state index contributed by atoms with van der Waals surface area (Å²) in [7, 11) is -4.25. The summed E-state index contributed by atoms with van der Waals surface area (Å²) in [5.74, 6) is -0.698. The van der Waals surface area contributed by atoms with Gasteiger partial charge in [0.15, 0.2) is 4.90 Å². The Bertz CT molecular complexity index is 631. The Morgan fingerprint density at radius 3 is 2.35 bits per heavy atom. The fourth-order valence-corrected chi connectivity index (χ4v) is 2.72. The van der Waals surface area contributed by atoms with Gasteiger partial charge < -0.3 is 0 Å². The topological polar surface area (TPSA) is 106 Å². The molecule has 0 fully saturated rings. The molecule has 7 nitrogen and oxygen atoms in total. The third-order valence-electron chi connectivity index (χ3n) is 2.29. The van der Waals surface area contributed by atoms with Gasteiger partial charge in [-0.25, -0.2) is 13.1 Å². The van der Waals surface area contributed by atoms with Crippen molar-refractivity contribution in [2.24, 2.45) is 5.41 Å². The molecule has 0 aliphatic heterocycles. The van der Waals surface area contributed by atoms with E-state index in [0.29, 0.717) is 0 Å². The van der Waals surface area contributed by atoms with E-state index >= 15 is 0 Å². The van der Waals surface area contributed by atoms with Crippen molar-refractivity contribution in [3.8, 4) is 0 Å². The Morgan fingerprint density at radius 1 is 1.30 bits per heavy atom. The number of benzene rings is 1. The highest BCUT2D eigenvalue weighted by Crippen LogP contribution is 2.23. The van der Waals surface area contributed by atoms with E-state index in [-0.39, 0.29) is 11.8 Å². The molecule has 0 atom stereocenters. The molecule has 0 radical (unpaired) electrons. The lowest BCUT2D eigenvalue weighted by Crippen LogP contribution is -2.33. The summed E-state index contributed by atoms with van der Waals surface area (Å²) in [6, 6.07) is 4.87. The number of nitro groups is 1. The number of sulfonamides is 1. The summed E-state index contributed by atoms with van der Waals surface area (Å²) in [5, 5.41) is 10.8. The molecule has 1 rings (SSSR count). The number of hydrogen-bond acceptors (Lipinski definition) is 5. The van der Waals surface area contributed by atoms with E-state index < -0.39 is 31.4 Å². The number of carbonyl (C=O) groups is 1. The molecule has 0 aliphatic rings. The number of hydrogen-bond donors (Lipinski definition) is 1. The Hall–Kier alpha value is -1.96. The molecule has 110 valence electrons. The minimum atomic E-state index is -4.25. The van der Waals surface area contributed by atoms with Gasteiger partial charge in [-0.05, 0) is 11.5 Å². The lowest BCUT2D eigenvalue weighted by Gasteiger charge is -2.17. The van der Waals surface area contributed by atoms with Gasteiger partial charge in [-0.3, -0.25) is 14.9 Å². The molecule has 0 aromatic heterocycles. The maximum absolute atomic E-state index is 12.0. The quantitative estimate of drug-likeness (QED) is 0.674. The van der Waals surface area contributed by atoms with E-state index in [4.69, 9.17) is 0 Å². The van der Waals surface area contributed by atoms with Crippen molar-refractivity contribution >= 4 is 21.6 Å². The normalized spacial score (nSPS) is 11.9.